The molecule has 110 valence electrons. The molecule has 2 rings (SSSR count). The molecule has 0 fully saturated rings. The molecule has 2 aromatic rings. The lowest BCUT2D eigenvalue weighted by molar-refractivity contribution is 0.102. The van der Waals surface area contributed by atoms with Gasteiger partial charge in [-0.15, -0.1) is 0 Å². The van der Waals surface area contributed by atoms with E-state index in [-0.39, 0.29) is 11.4 Å². The largest absolute Gasteiger partial charge is 0.368 e. The number of para-hydroxylation sites is 1. The monoisotopic (exact) mass is 307 g/mol. The number of hydrogen-bond acceptors (Lipinski definition) is 3. The van der Waals surface area contributed by atoms with E-state index in [1.165, 1.54) is 12.3 Å². The molecule has 0 spiro atoms. The number of nitrogens with zero attached hydrogens (tertiary/aromatic N) is 1. The van der Waals surface area contributed by atoms with E-state index in [1.54, 1.807) is 24.3 Å². The second-order valence-electron chi connectivity index (χ2n) is 4.38. The van der Waals surface area contributed by atoms with Crippen molar-refractivity contribution in [2.24, 2.45) is 0 Å². The number of amides is 1. The van der Waals surface area contributed by atoms with Crippen LogP contribution in [-0.4, -0.2) is 17.4 Å². The zero-order valence-electron chi connectivity index (χ0n) is 11.5. The van der Waals surface area contributed by atoms with E-state index in [0.29, 0.717) is 17.3 Å². The average Bonchev–Trinajstić information content (AvgIpc) is 2.48. The lowest BCUT2D eigenvalue weighted by atomic mass is 10.2. The van der Waals surface area contributed by atoms with Crippen LogP contribution in [-0.2, 0) is 0 Å². The Labute approximate surface area is 127 Å². The fraction of sp³-hybridized carbons (Fsp3) is 0.200. The predicted molar refractivity (Wildman–Crippen MR) is 82.4 cm³/mol. The zero-order chi connectivity index (χ0) is 15.2. The van der Waals surface area contributed by atoms with E-state index in [4.69, 9.17) is 11.6 Å². The van der Waals surface area contributed by atoms with Gasteiger partial charge in [-0.25, -0.2) is 9.37 Å². The van der Waals surface area contributed by atoms with Crippen LogP contribution in [0.5, 0.6) is 0 Å². The van der Waals surface area contributed by atoms with Crippen LogP contribution in [0.4, 0.5) is 15.9 Å². The van der Waals surface area contributed by atoms with Gasteiger partial charge in [0.15, 0.2) is 11.6 Å². The first-order valence-corrected chi connectivity index (χ1v) is 6.95. The van der Waals surface area contributed by atoms with Crippen LogP contribution in [0.15, 0.2) is 36.5 Å². The molecule has 1 aromatic carbocycles. The molecule has 1 amide bonds. The number of carbonyl (C=O) groups is 1. The van der Waals surface area contributed by atoms with Gasteiger partial charge in [0, 0.05) is 12.7 Å². The summed E-state index contributed by atoms with van der Waals surface area (Å²) in [6.45, 7) is 2.54. The highest BCUT2D eigenvalue weighted by Gasteiger charge is 2.16. The van der Waals surface area contributed by atoms with Crippen molar-refractivity contribution in [3.63, 3.8) is 0 Å². The maximum Gasteiger partial charge on any atom is 0.258 e. The van der Waals surface area contributed by atoms with Crippen LogP contribution >= 0.6 is 11.6 Å². The lowest BCUT2D eigenvalue weighted by Gasteiger charge is -2.10. The van der Waals surface area contributed by atoms with E-state index < -0.39 is 11.7 Å². The van der Waals surface area contributed by atoms with Gasteiger partial charge < -0.3 is 10.6 Å². The average molecular weight is 308 g/mol. The van der Waals surface area contributed by atoms with E-state index in [9.17, 15) is 9.18 Å². The summed E-state index contributed by atoms with van der Waals surface area (Å²) >= 11 is 5.96. The van der Waals surface area contributed by atoms with Gasteiger partial charge >= 0.3 is 0 Å². The molecule has 0 radical (unpaired) electrons. The normalized spacial score (nSPS) is 10.2. The van der Waals surface area contributed by atoms with E-state index >= 15 is 0 Å². The van der Waals surface area contributed by atoms with Gasteiger partial charge in [0.1, 0.15) is 0 Å². The number of halogens is 2. The molecule has 0 unspecified atom stereocenters. The minimum Gasteiger partial charge on any atom is -0.368 e. The zero-order valence-corrected chi connectivity index (χ0v) is 12.2. The minimum absolute atomic E-state index is 0.0728. The Kier molecular flexibility index (Phi) is 5.11. The van der Waals surface area contributed by atoms with Gasteiger partial charge in [-0.3, -0.25) is 4.79 Å². The van der Waals surface area contributed by atoms with Gasteiger partial charge in [-0.05, 0) is 24.6 Å². The molecule has 0 aliphatic rings. The summed E-state index contributed by atoms with van der Waals surface area (Å²) in [6.07, 6.45) is 2.22. The van der Waals surface area contributed by atoms with E-state index in [0.717, 1.165) is 6.42 Å². The van der Waals surface area contributed by atoms with Crippen molar-refractivity contribution < 1.29 is 9.18 Å². The summed E-state index contributed by atoms with van der Waals surface area (Å²) in [5, 5.41) is 5.82. The van der Waals surface area contributed by atoms with Gasteiger partial charge in [0.2, 0.25) is 0 Å². The maximum atomic E-state index is 14.2. The molecule has 1 heterocycles. The molecular formula is C15H15ClFN3O. The summed E-state index contributed by atoms with van der Waals surface area (Å²) in [6, 6.07) is 8.11. The van der Waals surface area contributed by atoms with Crippen LogP contribution < -0.4 is 10.6 Å². The third-order valence-corrected chi connectivity index (χ3v) is 3.13. The Bertz CT molecular complexity index is 649. The van der Waals surface area contributed by atoms with Crippen molar-refractivity contribution in [2.75, 3.05) is 17.2 Å². The SMILES string of the molecule is CCCNc1nccc(C(=O)Nc2ccccc2Cl)c1F. The van der Waals surface area contributed by atoms with Crippen molar-refractivity contribution in [1.82, 2.24) is 4.98 Å². The molecule has 21 heavy (non-hydrogen) atoms. The molecule has 6 heteroatoms. The van der Waals surface area contributed by atoms with Crippen LogP contribution in [0.3, 0.4) is 0 Å². The highest BCUT2D eigenvalue weighted by Crippen LogP contribution is 2.22. The number of carbonyl (C=O) groups excluding carboxylic acids is 1. The van der Waals surface area contributed by atoms with Gasteiger partial charge in [0.05, 0.1) is 16.3 Å². The third-order valence-electron chi connectivity index (χ3n) is 2.80. The highest BCUT2D eigenvalue weighted by molar-refractivity contribution is 6.33. The molecule has 1 aromatic heterocycles. The Hall–Kier alpha value is -2.14. The predicted octanol–water partition coefficient (Wildman–Crippen LogP) is 3.95. The summed E-state index contributed by atoms with van der Waals surface area (Å²) in [5.74, 6) is -1.17. The van der Waals surface area contributed by atoms with Gasteiger partial charge in [-0.1, -0.05) is 30.7 Å². The van der Waals surface area contributed by atoms with Crippen LogP contribution in [0.2, 0.25) is 5.02 Å². The standard InChI is InChI=1S/C15H15ClFN3O/c1-2-8-18-14-13(17)10(7-9-19-14)15(21)20-12-6-4-3-5-11(12)16/h3-7,9H,2,8H2,1H3,(H,18,19)(H,20,21). The lowest BCUT2D eigenvalue weighted by Crippen LogP contribution is -2.16. The maximum absolute atomic E-state index is 14.2. The number of hydrogen-bond donors (Lipinski definition) is 2. The van der Waals surface area contributed by atoms with Crippen LogP contribution in [0.25, 0.3) is 0 Å². The highest BCUT2D eigenvalue weighted by atomic mass is 35.5. The molecule has 0 saturated heterocycles. The molecule has 0 saturated carbocycles. The second-order valence-corrected chi connectivity index (χ2v) is 4.79. The molecule has 2 N–H and O–H groups in total. The summed E-state index contributed by atoms with van der Waals surface area (Å²) < 4.78 is 14.2. The van der Waals surface area contributed by atoms with Gasteiger partial charge in [-0.2, -0.15) is 0 Å². The number of nitrogens with one attached hydrogen (secondary N) is 2. The summed E-state index contributed by atoms with van der Waals surface area (Å²) in [5.41, 5.74) is 0.354. The molecular weight excluding hydrogens is 293 g/mol. The van der Waals surface area contributed by atoms with E-state index in [1.807, 2.05) is 6.92 Å². The number of rotatable bonds is 5. The van der Waals surface area contributed by atoms with Crippen molar-refractivity contribution in [3.8, 4) is 0 Å². The first kappa shape index (κ1) is 15.3. The van der Waals surface area contributed by atoms with Crippen molar-refractivity contribution in [3.05, 3.63) is 52.9 Å². The second kappa shape index (κ2) is 7.04. The Balaban J connectivity index is 2.21. The van der Waals surface area contributed by atoms with Crippen molar-refractivity contribution >= 4 is 29.0 Å². The van der Waals surface area contributed by atoms with E-state index in [2.05, 4.69) is 15.6 Å². The van der Waals surface area contributed by atoms with Crippen LogP contribution in [0.1, 0.15) is 23.7 Å². The number of aromatic nitrogens is 1. The number of benzene rings is 1. The fourth-order valence-electron chi connectivity index (χ4n) is 1.74. The summed E-state index contributed by atoms with van der Waals surface area (Å²) in [7, 11) is 0. The molecule has 4 nitrogen and oxygen atoms in total. The minimum atomic E-state index is -0.671. The smallest absolute Gasteiger partial charge is 0.258 e. The van der Waals surface area contributed by atoms with Crippen LogP contribution in [0, 0.1) is 5.82 Å². The summed E-state index contributed by atoms with van der Waals surface area (Å²) in [4.78, 5) is 16.0. The topological polar surface area (TPSA) is 54.0 Å². The Morgan fingerprint density at radius 1 is 1.33 bits per heavy atom. The quantitative estimate of drug-likeness (QED) is 0.879. The Morgan fingerprint density at radius 3 is 2.81 bits per heavy atom. The van der Waals surface area contributed by atoms with Crippen molar-refractivity contribution in [1.29, 1.82) is 0 Å². The Morgan fingerprint density at radius 2 is 2.10 bits per heavy atom. The first-order chi connectivity index (χ1) is 10.1. The molecule has 0 aliphatic heterocycles. The molecule has 0 atom stereocenters. The number of pyridine rings is 1. The van der Waals surface area contributed by atoms with Gasteiger partial charge in [0.25, 0.3) is 5.91 Å². The number of anilines is 2. The van der Waals surface area contributed by atoms with Crippen molar-refractivity contribution in [2.45, 2.75) is 13.3 Å². The fourth-order valence-corrected chi connectivity index (χ4v) is 1.92. The third kappa shape index (κ3) is 3.70. The molecule has 0 bridgehead atoms. The molecule has 0 aliphatic carbocycles. The first-order valence-electron chi connectivity index (χ1n) is 6.57.